The van der Waals surface area contributed by atoms with Crippen molar-refractivity contribution in [3.05, 3.63) is 28.2 Å². The molecule has 2 nitrogen and oxygen atoms in total. The molecule has 0 radical (unpaired) electrons. The molecule has 14 heavy (non-hydrogen) atoms. The first-order chi connectivity index (χ1) is 6.63. The van der Waals surface area contributed by atoms with Crippen LogP contribution in [0.3, 0.4) is 0 Å². The van der Waals surface area contributed by atoms with E-state index in [0.717, 1.165) is 22.4 Å². The summed E-state index contributed by atoms with van der Waals surface area (Å²) in [6.45, 7) is 5.49. The summed E-state index contributed by atoms with van der Waals surface area (Å²) in [7, 11) is 0. The average molecular weight is 258 g/mol. The summed E-state index contributed by atoms with van der Waals surface area (Å²) < 4.78 is 6.68. The van der Waals surface area contributed by atoms with Crippen LogP contribution in [0, 0.1) is 5.92 Å². The molecule has 0 saturated heterocycles. The molecule has 2 N–H and O–H groups in total. The van der Waals surface area contributed by atoms with E-state index in [2.05, 4.69) is 29.8 Å². The molecule has 0 aromatic heterocycles. The van der Waals surface area contributed by atoms with Gasteiger partial charge in [0.15, 0.2) is 0 Å². The van der Waals surface area contributed by atoms with Crippen LogP contribution in [0.1, 0.15) is 19.4 Å². The van der Waals surface area contributed by atoms with Gasteiger partial charge in [0.05, 0.1) is 6.61 Å². The molecule has 0 saturated carbocycles. The van der Waals surface area contributed by atoms with E-state index < -0.39 is 0 Å². The van der Waals surface area contributed by atoms with Crippen LogP contribution < -0.4 is 10.5 Å². The second-order valence-corrected chi connectivity index (χ2v) is 4.58. The van der Waals surface area contributed by atoms with Gasteiger partial charge in [-0.3, -0.25) is 0 Å². The third-order valence-corrected chi connectivity index (χ3v) is 2.31. The highest BCUT2D eigenvalue weighted by atomic mass is 79.9. The molecule has 0 spiro atoms. The summed E-state index contributed by atoms with van der Waals surface area (Å²) in [5.74, 6) is 1.41. The Morgan fingerprint density at radius 1 is 1.43 bits per heavy atom. The lowest BCUT2D eigenvalue weighted by molar-refractivity contribution is 0.268. The molecule has 0 aliphatic carbocycles. The zero-order valence-electron chi connectivity index (χ0n) is 8.59. The van der Waals surface area contributed by atoms with Gasteiger partial charge in [-0.15, -0.1) is 0 Å². The van der Waals surface area contributed by atoms with Crippen LogP contribution in [0.25, 0.3) is 0 Å². The fourth-order valence-electron chi connectivity index (χ4n) is 1.09. The number of hydrogen-bond donors (Lipinski definition) is 1. The predicted octanol–water partition coefficient (Wildman–Crippen LogP) is 2.94. The molecule has 1 aromatic rings. The lowest BCUT2D eigenvalue weighted by Gasteiger charge is -2.12. The highest BCUT2D eigenvalue weighted by Gasteiger charge is 2.03. The number of hydrogen-bond acceptors (Lipinski definition) is 2. The van der Waals surface area contributed by atoms with Gasteiger partial charge >= 0.3 is 0 Å². The number of nitrogens with two attached hydrogens (primary N) is 1. The molecule has 78 valence electrons. The molecule has 0 bridgehead atoms. The molecule has 0 heterocycles. The van der Waals surface area contributed by atoms with Crippen LogP contribution in [0.5, 0.6) is 5.75 Å². The van der Waals surface area contributed by atoms with E-state index in [9.17, 15) is 0 Å². The smallest absolute Gasteiger partial charge is 0.124 e. The third kappa shape index (κ3) is 3.31. The lowest BCUT2D eigenvalue weighted by atomic mass is 10.2. The number of rotatable bonds is 4. The standard InChI is InChI=1S/C11H16BrNO/c1-8(2)7-14-11-5-10(12)4-3-9(11)6-13/h3-5,8H,6-7,13H2,1-2H3. The van der Waals surface area contributed by atoms with Crippen LogP contribution in [-0.4, -0.2) is 6.61 Å². The largest absolute Gasteiger partial charge is 0.493 e. The maximum Gasteiger partial charge on any atom is 0.124 e. The molecule has 0 aliphatic heterocycles. The molecule has 0 unspecified atom stereocenters. The maximum absolute atomic E-state index is 5.66. The van der Waals surface area contributed by atoms with E-state index in [1.165, 1.54) is 0 Å². The summed E-state index contributed by atoms with van der Waals surface area (Å²) in [5, 5.41) is 0. The molecule has 1 rings (SSSR count). The predicted molar refractivity (Wildman–Crippen MR) is 62.4 cm³/mol. The minimum Gasteiger partial charge on any atom is -0.493 e. The van der Waals surface area contributed by atoms with Crippen molar-refractivity contribution in [3.8, 4) is 5.75 Å². The van der Waals surface area contributed by atoms with Crippen molar-refractivity contribution in [3.63, 3.8) is 0 Å². The highest BCUT2D eigenvalue weighted by Crippen LogP contribution is 2.23. The summed E-state index contributed by atoms with van der Waals surface area (Å²) in [6, 6.07) is 5.93. The second-order valence-electron chi connectivity index (χ2n) is 3.66. The van der Waals surface area contributed by atoms with Gasteiger partial charge in [-0.1, -0.05) is 35.8 Å². The molecule has 1 aromatic carbocycles. The van der Waals surface area contributed by atoms with Gasteiger partial charge in [-0.25, -0.2) is 0 Å². The van der Waals surface area contributed by atoms with Crippen molar-refractivity contribution in [2.45, 2.75) is 20.4 Å². The zero-order chi connectivity index (χ0) is 10.6. The topological polar surface area (TPSA) is 35.2 Å². The van der Waals surface area contributed by atoms with Crippen molar-refractivity contribution in [2.24, 2.45) is 11.7 Å². The van der Waals surface area contributed by atoms with Gasteiger partial charge in [0.25, 0.3) is 0 Å². The van der Waals surface area contributed by atoms with Gasteiger partial charge < -0.3 is 10.5 Å². The van der Waals surface area contributed by atoms with E-state index in [-0.39, 0.29) is 0 Å². The summed E-state index contributed by atoms with van der Waals surface area (Å²) in [5.41, 5.74) is 6.66. The molecule has 3 heteroatoms. The number of ether oxygens (including phenoxy) is 1. The molecule has 0 aliphatic rings. The molecular formula is C11H16BrNO. The minimum absolute atomic E-state index is 0.515. The van der Waals surface area contributed by atoms with Crippen molar-refractivity contribution in [1.29, 1.82) is 0 Å². The molecular weight excluding hydrogens is 242 g/mol. The lowest BCUT2D eigenvalue weighted by Crippen LogP contribution is -2.07. The van der Waals surface area contributed by atoms with Crippen LogP contribution in [0.2, 0.25) is 0 Å². The van der Waals surface area contributed by atoms with E-state index in [1.807, 2.05) is 18.2 Å². The number of halogens is 1. The van der Waals surface area contributed by atoms with Gasteiger partial charge in [-0.2, -0.15) is 0 Å². The van der Waals surface area contributed by atoms with Gasteiger partial charge in [0.1, 0.15) is 5.75 Å². The first-order valence-electron chi connectivity index (χ1n) is 4.74. The highest BCUT2D eigenvalue weighted by molar-refractivity contribution is 9.10. The molecule has 0 fully saturated rings. The summed E-state index contributed by atoms with van der Waals surface area (Å²) >= 11 is 3.41. The van der Waals surface area contributed by atoms with Crippen molar-refractivity contribution < 1.29 is 4.74 Å². The fraction of sp³-hybridized carbons (Fsp3) is 0.455. The Labute approximate surface area is 93.6 Å². The zero-order valence-corrected chi connectivity index (χ0v) is 10.2. The Hall–Kier alpha value is -0.540. The maximum atomic E-state index is 5.66. The van der Waals surface area contributed by atoms with Gasteiger partial charge in [0, 0.05) is 16.6 Å². The van der Waals surface area contributed by atoms with Crippen LogP contribution in [-0.2, 0) is 6.54 Å². The Morgan fingerprint density at radius 3 is 2.71 bits per heavy atom. The normalized spacial score (nSPS) is 10.6. The third-order valence-electron chi connectivity index (χ3n) is 1.82. The molecule has 0 amide bonds. The molecule has 0 atom stereocenters. The Kier molecular flexibility index (Phi) is 4.42. The first kappa shape index (κ1) is 11.5. The average Bonchev–Trinajstić information content (AvgIpc) is 2.15. The quantitative estimate of drug-likeness (QED) is 0.901. The van der Waals surface area contributed by atoms with E-state index >= 15 is 0 Å². The van der Waals surface area contributed by atoms with Crippen LogP contribution in [0.4, 0.5) is 0 Å². The van der Waals surface area contributed by atoms with E-state index in [0.29, 0.717) is 12.5 Å². The van der Waals surface area contributed by atoms with Crippen molar-refractivity contribution >= 4 is 15.9 Å². The van der Waals surface area contributed by atoms with E-state index in [1.54, 1.807) is 0 Å². The van der Waals surface area contributed by atoms with Gasteiger partial charge in [0.2, 0.25) is 0 Å². The van der Waals surface area contributed by atoms with Crippen molar-refractivity contribution in [1.82, 2.24) is 0 Å². The van der Waals surface area contributed by atoms with Crippen LogP contribution >= 0.6 is 15.9 Å². The summed E-state index contributed by atoms with van der Waals surface area (Å²) in [4.78, 5) is 0. The SMILES string of the molecule is CC(C)COc1cc(Br)ccc1CN. The Morgan fingerprint density at radius 2 is 2.14 bits per heavy atom. The van der Waals surface area contributed by atoms with E-state index in [4.69, 9.17) is 10.5 Å². The summed E-state index contributed by atoms with van der Waals surface area (Å²) in [6.07, 6.45) is 0. The Bertz CT molecular complexity index is 299. The minimum atomic E-state index is 0.515. The van der Waals surface area contributed by atoms with Crippen molar-refractivity contribution in [2.75, 3.05) is 6.61 Å². The first-order valence-corrected chi connectivity index (χ1v) is 5.54. The second kappa shape index (κ2) is 5.37. The monoisotopic (exact) mass is 257 g/mol. The Balaban J connectivity index is 2.77. The number of benzene rings is 1. The van der Waals surface area contributed by atoms with Gasteiger partial charge in [-0.05, 0) is 18.1 Å². The fourth-order valence-corrected chi connectivity index (χ4v) is 1.43. The van der Waals surface area contributed by atoms with Crippen LogP contribution in [0.15, 0.2) is 22.7 Å².